The number of aromatic nitrogens is 2. The van der Waals surface area contributed by atoms with Gasteiger partial charge in [-0.1, -0.05) is 28.9 Å². The van der Waals surface area contributed by atoms with Crippen LogP contribution in [0.3, 0.4) is 0 Å². The smallest absolute Gasteiger partial charge is 0.328 e. The standard InChI is InChI=1S/C12H10ClN3O2/c1-16-8-14-7-11(16)12(17)18-15-6-9-3-2-4-10(13)5-9/h2-8H,1H3. The predicted octanol–water partition coefficient (Wildman–Crippen LogP) is 2.26. The number of hydrogen-bond donors (Lipinski definition) is 0. The molecule has 0 spiro atoms. The van der Waals surface area contributed by atoms with Crippen molar-refractivity contribution in [1.29, 1.82) is 0 Å². The highest BCUT2D eigenvalue weighted by Gasteiger charge is 2.10. The zero-order chi connectivity index (χ0) is 13.0. The lowest BCUT2D eigenvalue weighted by atomic mass is 10.2. The Balaban J connectivity index is 2.00. The lowest BCUT2D eigenvalue weighted by Gasteiger charge is -1.98. The van der Waals surface area contributed by atoms with E-state index in [4.69, 9.17) is 16.4 Å². The zero-order valence-electron chi connectivity index (χ0n) is 9.58. The molecule has 18 heavy (non-hydrogen) atoms. The second-order valence-electron chi connectivity index (χ2n) is 3.56. The molecule has 92 valence electrons. The Morgan fingerprint density at radius 1 is 1.56 bits per heavy atom. The second-order valence-corrected chi connectivity index (χ2v) is 3.99. The lowest BCUT2D eigenvalue weighted by molar-refractivity contribution is 0.0508. The van der Waals surface area contributed by atoms with Gasteiger partial charge in [-0.3, -0.25) is 0 Å². The minimum atomic E-state index is -0.562. The van der Waals surface area contributed by atoms with E-state index in [1.165, 1.54) is 18.7 Å². The van der Waals surface area contributed by atoms with Crippen LogP contribution in [0, 0.1) is 0 Å². The van der Waals surface area contributed by atoms with Gasteiger partial charge in [0.15, 0.2) is 0 Å². The molecule has 0 radical (unpaired) electrons. The number of oxime groups is 1. The SMILES string of the molecule is Cn1cncc1C(=O)ON=Cc1cccc(Cl)c1. The molecule has 1 aromatic carbocycles. The summed E-state index contributed by atoms with van der Waals surface area (Å²) in [4.78, 5) is 20.1. The number of nitrogens with zero attached hydrogens (tertiary/aromatic N) is 3. The van der Waals surface area contributed by atoms with Crippen molar-refractivity contribution in [2.45, 2.75) is 0 Å². The monoisotopic (exact) mass is 263 g/mol. The Bertz CT molecular complexity index is 593. The van der Waals surface area contributed by atoms with Crippen LogP contribution in [0.1, 0.15) is 16.1 Å². The number of carbonyl (C=O) groups excluding carboxylic acids is 1. The summed E-state index contributed by atoms with van der Waals surface area (Å²) in [5, 5.41) is 4.20. The van der Waals surface area contributed by atoms with E-state index in [9.17, 15) is 4.79 Å². The van der Waals surface area contributed by atoms with E-state index in [2.05, 4.69) is 10.1 Å². The first-order valence-corrected chi connectivity index (χ1v) is 5.51. The van der Waals surface area contributed by atoms with Crippen molar-refractivity contribution >= 4 is 23.8 Å². The molecule has 0 aliphatic heterocycles. The summed E-state index contributed by atoms with van der Waals surface area (Å²) >= 11 is 5.81. The molecule has 1 aromatic heterocycles. The van der Waals surface area contributed by atoms with Crippen molar-refractivity contribution in [3.05, 3.63) is 53.1 Å². The minimum absolute atomic E-state index is 0.332. The summed E-state index contributed by atoms with van der Waals surface area (Å²) in [5.74, 6) is -0.562. The molecule has 0 saturated heterocycles. The molecule has 0 amide bonds. The van der Waals surface area contributed by atoms with E-state index in [0.717, 1.165) is 5.56 Å². The minimum Gasteiger partial charge on any atom is -0.328 e. The molecule has 0 fully saturated rings. The van der Waals surface area contributed by atoms with Crippen molar-refractivity contribution < 1.29 is 9.63 Å². The maximum absolute atomic E-state index is 11.6. The number of halogens is 1. The van der Waals surface area contributed by atoms with Crippen LogP contribution < -0.4 is 0 Å². The fraction of sp³-hybridized carbons (Fsp3) is 0.0833. The molecular weight excluding hydrogens is 254 g/mol. The van der Waals surface area contributed by atoms with Gasteiger partial charge in [-0.05, 0) is 17.7 Å². The van der Waals surface area contributed by atoms with E-state index in [0.29, 0.717) is 10.7 Å². The van der Waals surface area contributed by atoms with E-state index >= 15 is 0 Å². The molecule has 0 aliphatic rings. The first kappa shape index (κ1) is 12.3. The van der Waals surface area contributed by atoms with Crippen LogP contribution in [0.4, 0.5) is 0 Å². The van der Waals surface area contributed by atoms with E-state index in [1.807, 2.05) is 0 Å². The van der Waals surface area contributed by atoms with Gasteiger partial charge >= 0.3 is 5.97 Å². The maximum atomic E-state index is 11.6. The normalized spacial score (nSPS) is 10.8. The Hall–Kier alpha value is -2.14. The van der Waals surface area contributed by atoms with Gasteiger partial charge in [-0.25, -0.2) is 9.78 Å². The average Bonchev–Trinajstić information content (AvgIpc) is 2.75. The van der Waals surface area contributed by atoms with Gasteiger partial charge < -0.3 is 9.40 Å². The van der Waals surface area contributed by atoms with Gasteiger partial charge in [0.05, 0.1) is 18.7 Å². The summed E-state index contributed by atoms with van der Waals surface area (Å²) in [6, 6.07) is 7.05. The third-order valence-electron chi connectivity index (χ3n) is 2.21. The largest absolute Gasteiger partial charge is 0.383 e. The highest BCUT2D eigenvalue weighted by molar-refractivity contribution is 6.30. The van der Waals surface area contributed by atoms with Crippen molar-refractivity contribution in [1.82, 2.24) is 9.55 Å². The Morgan fingerprint density at radius 3 is 3.06 bits per heavy atom. The van der Waals surface area contributed by atoms with Gasteiger partial charge in [0.25, 0.3) is 0 Å². The Kier molecular flexibility index (Phi) is 3.74. The molecular formula is C12H10ClN3O2. The predicted molar refractivity (Wildman–Crippen MR) is 67.7 cm³/mol. The van der Waals surface area contributed by atoms with Crippen LogP contribution in [-0.2, 0) is 11.9 Å². The Labute approximate surface area is 109 Å². The third-order valence-corrected chi connectivity index (χ3v) is 2.45. The van der Waals surface area contributed by atoms with Crippen LogP contribution in [0.15, 0.2) is 41.9 Å². The van der Waals surface area contributed by atoms with Crippen LogP contribution >= 0.6 is 11.6 Å². The number of carbonyl (C=O) groups is 1. The molecule has 0 aliphatic carbocycles. The van der Waals surface area contributed by atoms with Crippen molar-refractivity contribution in [2.24, 2.45) is 12.2 Å². The van der Waals surface area contributed by atoms with Crippen LogP contribution in [-0.4, -0.2) is 21.7 Å². The molecule has 1 heterocycles. The molecule has 0 N–H and O–H groups in total. The molecule has 0 bridgehead atoms. The third kappa shape index (κ3) is 2.95. The van der Waals surface area contributed by atoms with E-state index in [1.54, 1.807) is 35.9 Å². The van der Waals surface area contributed by atoms with Gasteiger partial charge in [-0.15, -0.1) is 0 Å². The molecule has 5 nitrogen and oxygen atoms in total. The van der Waals surface area contributed by atoms with Gasteiger partial charge in [-0.2, -0.15) is 0 Å². The molecule has 0 saturated carbocycles. The fourth-order valence-electron chi connectivity index (χ4n) is 1.32. The first-order chi connectivity index (χ1) is 8.66. The highest BCUT2D eigenvalue weighted by atomic mass is 35.5. The van der Waals surface area contributed by atoms with Crippen LogP contribution in [0.2, 0.25) is 5.02 Å². The molecule has 0 atom stereocenters. The van der Waals surface area contributed by atoms with Gasteiger partial charge in [0, 0.05) is 12.1 Å². The molecule has 6 heteroatoms. The van der Waals surface area contributed by atoms with Crippen molar-refractivity contribution in [3.63, 3.8) is 0 Å². The molecule has 2 rings (SSSR count). The lowest BCUT2D eigenvalue weighted by Crippen LogP contribution is -2.06. The van der Waals surface area contributed by atoms with E-state index in [-0.39, 0.29) is 0 Å². The molecule has 0 unspecified atom stereocenters. The fourth-order valence-corrected chi connectivity index (χ4v) is 1.52. The van der Waals surface area contributed by atoms with Crippen LogP contribution in [0.25, 0.3) is 0 Å². The summed E-state index contributed by atoms with van der Waals surface area (Å²) < 4.78 is 1.55. The number of imidazole rings is 1. The second kappa shape index (κ2) is 5.46. The summed E-state index contributed by atoms with van der Waals surface area (Å²) in [7, 11) is 1.70. The molecule has 2 aromatic rings. The quantitative estimate of drug-likeness (QED) is 0.485. The number of rotatable bonds is 3. The van der Waals surface area contributed by atoms with Crippen LogP contribution in [0.5, 0.6) is 0 Å². The number of aryl methyl sites for hydroxylation is 1. The van der Waals surface area contributed by atoms with E-state index < -0.39 is 5.97 Å². The Morgan fingerprint density at radius 2 is 2.39 bits per heavy atom. The topological polar surface area (TPSA) is 56.5 Å². The number of hydrogen-bond acceptors (Lipinski definition) is 4. The van der Waals surface area contributed by atoms with Gasteiger partial charge in [0.2, 0.25) is 0 Å². The number of benzene rings is 1. The van der Waals surface area contributed by atoms with Gasteiger partial charge in [0.1, 0.15) is 5.69 Å². The first-order valence-electron chi connectivity index (χ1n) is 5.13. The summed E-state index contributed by atoms with van der Waals surface area (Å²) in [5.41, 5.74) is 1.08. The highest BCUT2D eigenvalue weighted by Crippen LogP contribution is 2.09. The summed E-state index contributed by atoms with van der Waals surface area (Å²) in [6.07, 6.45) is 4.34. The zero-order valence-corrected chi connectivity index (χ0v) is 10.3. The average molecular weight is 264 g/mol. The van der Waals surface area contributed by atoms with Crippen molar-refractivity contribution in [2.75, 3.05) is 0 Å². The summed E-state index contributed by atoms with van der Waals surface area (Å²) in [6.45, 7) is 0. The maximum Gasteiger partial charge on any atom is 0.383 e. The van der Waals surface area contributed by atoms with Crippen molar-refractivity contribution in [3.8, 4) is 0 Å².